The smallest absolute Gasteiger partial charge is 0.416 e. The number of aromatic nitrogens is 3. The van der Waals surface area contributed by atoms with Gasteiger partial charge in [-0.2, -0.15) is 0 Å². The van der Waals surface area contributed by atoms with Gasteiger partial charge in [-0.3, -0.25) is 38.4 Å². The molecule has 105 heavy (non-hydrogen) atoms. The number of Topliss-reactive ketones (excluding diaryl/α,β-unsaturated/α-hetero) is 3. The van der Waals surface area contributed by atoms with Crippen molar-refractivity contribution >= 4 is 64.4 Å². The molecule has 24 nitrogen and oxygen atoms in total. The second-order valence-electron chi connectivity index (χ2n) is 30.4. The third kappa shape index (κ3) is 15.9. The number of fused-ring (bicyclic) bond motifs is 9. The van der Waals surface area contributed by atoms with Gasteiger partial charge in [-0.05, 0) is 155 Å². The molecule has 5 atom stereocenters. The van der Waals surface area contributed by atoms with Crippen LogP contribution in [0.1, 0.15) is 180 Å². The number of aliphatic hydroxyl groups excluding tert-OH is 1. The van der Waals surface area contributed by atoms with Crippen LogP contribution in [0.5, 0.6) is 23.0 Å². The van der Waals surface area contributed by atoms with Gasteiger partial charge in [0.1, 0.15) is 18.1 Å². The minimum Gasteiger partial charge on any atom is -0.493 e. The van der Waals surface area contributed by atoms with Crippen LogP contribution in [0.15, 0.2) is 97.1 Å². The molecule has 1 aromatic heterocycles. The maximum Gasteiger partial charge on any atom is 0.416 e. The van der Waals surface area contributed by atoms with Crippen molar-refractivity contribution in [3.63, 3.8) is 0 Å². The van der Waals surface area contributed by atoms with Crippen molar-refractivity contribution in [1.29, 1.82) is 0 Å². The number of anilines is 2. The molecule has 0 radical (unpaired) electrons. The summed E-state index contributed by atoms with van der Waals surface area (Å²) in [6, 6.07) is 27.7. The standard InChI is InChI=1S/C81H95N9O15/c1-48(2)60(37-57(92)43-82-71(94)27-25-56(91)26-28-72(95)86-44-54-15-9-10-16-58(54)73-74(90(49(3)4)85-84-73)59-17-11-12-18-63(59)86)75(96)83-50(5)66(93)35-51-19-21-52(22-20-51)45-105-79(100)89-64-40-70(68(102-7)39-62(64)77(98)88-47-81(31-32-81)42-65(88)78(89)99)104-34-14-8-13-33-103-69-36-53-23-24-55-41-80(29-30-80)46-87(55)76(97)61(53)38-67(69)101-6/h9-12,15-22,36,38-40,48-50,55,60,65,78,99H,8,13-14,23-35,37,41-47H2,1-7H3,(H,82,94)(H,83,96)/t50-,55+,60-,65-,78-/m0/s1. The Morgan fingerprint density at radius 1 is 0.657 bits per heavy atom. The van der Waals surface area contributed by atoms with Crippen LogP contribution in [0.4, 0.5) is 16.2 Å². The van der Waals surface area contributed by atoms with Gasteiger partial charge in [0, 0.05) is 92.4 Å². The summed E-state index contributed by atoms with van der Waals surface area (Å²) >= 11 is 0. The van der Waals surface area contributed by atoms with E-state index in [-0.39, 0.29) is 140 Å². The van der Waals surface area contributed by atoms with Crippen molar-refractivity contribution in [3.8, 4) is 45.5 Å². The molecule has 13 rings (SSSR count). The van der Waals surface area contributed by atoms with E-state index in [2.05, 4.69) is 25.8 Å². The quantitative estimate of drug-likeness (QED) is 0.0368. The maximum absolute atomic E-state index is 14.5. The molecule has 6 aromatic rings. The number of unbranched alkanes of at least 4 members (excludes halogenated alkanes) is 2. The Labute approximate surface area is 611 Å². The molecule has 24 heteroatoms. The summed E-state index contributed by atoms with van der Waals surface area (Å²) in [5.74, 6) is -1.93. The summed E-state index contributed by atoms with van der Waals surface area (Å²) in [4.78, 5) is 130. The second kappa shape index (κ2) is 31.0. The number of methoxy groups -OCH3 is 2. The van der Waals surface area contributed by atoms with Crippen LogP contribution in [0.3, 0.4) is 0 Å². The highest BCUT2D eigenvalue weighted by atomic mass is 16.6. The lowest BCUT2D eigenvalue weighted by Gasteiger charge is -2.31. The van der Waals surface area contributed by atoms with Gasteiger partial charge in [-0.25, -0.2) is 14.4 Å². The Morgan fingerprint density at radius 2 is 1.30 bits per heavy atom. The maximum atomic E-state index is 14.5. The normalized spacial score (nSPS) is 18.9. The number of rotatable bonds is 29. The predicted molar refractivity (Wildman–Crippen MR) is 390 cm³/mol. The Balaban J connectivity index is 0.556. The summed E-state index contributed by atoms with van der Waals surface area (Å²) < 4.78 is 31.9. The highest BCUT2D eigenvalue weighted by Crippen LogP contribution is 2.58. The van der Waals surface area contributed by atoms with Crippen molar-refractivity contribution in [3.05, 3.63) is 130 Å². The van der Waals surface area contributed by atoms with E-state index < -0.39 is 47.9 Å². The van der Waals surface area contributed by atoms with Gasteiger partial charge in [0.2, 0.25) is 17.7 Å². The third-order valence-electron chi connectivity index (χ3n) is 22.3. The summed E-state index contributed by atoms with van der Waals surface area (Å²) in [6.45, 7) is 10.8. The molecule has 554 valence electrons. The topological polar surface area (TPSA) is 288 Å². The number of hydrogen-bond acceptors (Lipinski definition) is 17. The highest BCUT2D eigenvalue weighted by molar-refractivity contribution is 6.06. The van der Waals surface area contributed by atoms with Crippen molar-refractivity contribution in [2.45, 2.75) is 187 Å². The van der Waals surface area contributed by atoms with E-state index in [1.165, 1.54) is 20.0 Å². The monoisotopic (exact) mass is 1430 g/mol. The van der Waals surface area contributed by atoms with Crippen molar-refractivity contribution in [2.24, 2.45) is 22.7 Å². The van der Waals surface area contributed by atoms with Crippen LogP contribution in [0, 0.1) is 22.7 Å². The second-order valence-corrected chi connectivity index (χ2v) is 30.4. The van der Waals surface area contributed by atoms with E-state index in [9.17, 15) is 48.3 Å². The van der Waals surface area contributed by atoms with E-state index in [0.29, 0.717) is 71.7 Å². The number of carbonyl (C=O) groups is 9. The van der Waals surface area contributed by atoms with Gasteiger partial charge >= 0.3 is 6.09 Å². The van der Waals surface area contributed by atoms with Crippen LogP contribution in [0.25, 0.3) is 22.5 Å². The molecule has 5 aromatic carbocycles. The number of nitrogens with zero attached hydrogens (tertiary/aromatic N) is 7. The first-order chi connectivity index (χ1) is 50.5. The molecular formula is C81H95N9O15. The van der Waals surface area contributed by atoms with E-state index in [0.717, 1.165) is 83.6 Å². The van der Waals surface area contributed by atoms with Crippen molar-refractivity contribution < 1.29 is 71.9 Å². The summed E-state index contributed by atoms with van der Waals surface area (Å²) in [7, 11) is 3.07. The zero-order valence-corrected chi connectivity index (χ0v) is 61.0. The number of aryl methyl sites for hydroxylation is 1. The van der Waals surface area contributed by atoms with Gasteiger partial charge in [-0.15, -0.1) is 5.10 Å². The van der Waals surface area contributed by atoms with Crippen molar-refractivity contribution in [2.75, 3.05) is 56.9 Å². The van der Waals surface area contributed by atoms with Crippen LogP contribution in [0.2, 0.25) is 0 Å². The predicted octanol–water partition coefficient (Wildman–Crippen LogP) is 10.9. The number of nitrogens with one attached hydrogen (secondary N) is 2. The van der Waals surface area contributed by atoms with Gasteiger partial charge in [0.15, 0.2) is 40.8 Å². The summed E-state index contributed by atoms with van der Waals surface area (Å²) in [5.41, 5.74) is 8.12. The fraction of sp³-hybridized carbons (Fsp3) is 0.494. The molecule has 6 amide bonds. The highest BCUT2D eigenvalue weighted by Gasteiger charge is 2.58. The Kier molecular flexibility index (Phi) is 21.7. The first kappa shape index (κ1) is 73.3. The number of aliphatic hydroxyl groups is 1. The van der Waals surface area contributed by atoms with E-state index in [1.54, 1.807) is 74.1 Å². The lowest BCUT2D eigenvalue weighted by atomic mass is 9.89. The van der Waals surface area contributed by atoms with Gasteiger partial charge < -0.3 is 54.1 Å². The molecule has 5 aliphatic heterocycles. The van der Waals surface area contributed by atoms with Crippen LogP contribution >= 0.6 is 0 Å². The largest absolute Gasteiger partial charge is 0.493 e. The Hall–Kier alpha value is -9.97. The van der Waals surface area contributed by atoms with E-state index in [1.807, 2.05) is 79.2 Å². The molecule has 0 unspecified atom stereocenters. The van der Waals surface area contributed by atoms with E-state index in [4.69, 9.17) is 23.7 Å². The average molecular weight is 1430 g/mol. The molecular weight excluding hydrogens is 1340 g/mol. The molecule has 4 fully saturated rings. The number of amides is 6. The Morgan fingerprint density at radius 3 is 1.99 bits per heavy atom. The molecule has 2 saturated carbocycles. The number of para-hydroxylation sites is 1. The first-order valence-corrected chi connectivity index (χ1v) is 37.1. The minimum atomic E-state index is -1.45. The van der Waals surface area contributed by atoms with E-state index >= 15 is 0 Å². The minimum absolute atomic E-state index is 0.0118. The van der Waals surface area contributed by atoms with Gasteiger partial charge in [-0.1, -0.05) is 85.8 Å². The van der Waals surface area contributed by atoms with Gasteiger partial charge in [0.25, 0.3) is 11.8 Å². The lowest BCUT2D eigenvalue weighted by molar-refractivity contribution is -0.133. The van der Waals surface area contributed by atoms with Crippen LogP contribution in [-0.2, 0) is 59.5 Å². The Bertz CT molecular complexity index is 4350. The fourth-order valence-electron chi connectivity index (χ4n) is 15.8. The third-order valence-corrected chi connectivity index (χ3v) is 22.3. The zero-order chi connectivity index (χ0) is 74.0. The molecule has 2 saturated heterocycles. The zero-order valence-electron chi connectivity index (χ0n) is 61.0. The molecule has 7 aliphatic rings. The van der Waals surface area contributed by atoms with Crippen LogP contribution in [-0.4, -0.2) is 154 Å². The average Bonchev–Trinajstić information content (AvgIpc) is 1.58. The number of hydrogen-bond donors (Lipinski definition) is 3. The van der Waals surface area contributed by atoms with Gasteiger partial charge in [0.05, 0.1) is 75.2 Å². The fourth-order valence-corrected chi connectivity index (χ4v) is 15.8. The van der Waals surface area contributed by atoms with Crippen molar-refractivity contribution in [1.82, 2.24) is 35.4 Å². The molecule has 2 aliphatic carbocycles. The number of carbonyl (C=O) groups excluding carboxylic acids is 9. The number of ketones is 3. The SMILES string of the molecule is COc1cc2c(cc1OCCCCCOc1cc3c(cc1OC)C(=O)N1CC4(CC4)C[C@H]1[C@H](O)N3C(=O)OCc1ccc(CC(=O)[C@H](C)NC(=O)[C@@H](CC(=O)CNC(=O)CCC(=O)CCC(=O)N3Cc4ccccc4-c4nnn(C(C)C)c4-c4ccccc43)C(C)C)cc1)CC[C@@H]1CC3(CC3)CN1C2=O. The summed E-state index contributed by atoms with van der Waals surface area (Å²) in [6.07, 6.45) is 6.57. The number of ether oxygens (including phenoxy) is 5. The van der Waals surface area contributed by atoms with Crippen LogP contribution < -0.4 is 39.4 Å². The molecule has 2 spiro atoms. The first-order valence-electron chi connectivity index (χ1n) is 37.1. The molecule has 3 N–H and O–H groups in total. The lowest BCUT2D eigenvalue weighted by Crippen LogP contribution is -2.50. The number of benzene rings is 5. The molecule has 0 bridgehead atoms. The summed E-state index contributed by atoms with van der Waals surface area (Å²) in [5, 5.41) is 26.6. The molecule has 6 heterocycles.